The molecule has 6 nitrogen and oxygen atoms in total. The van der Waals surface area contributed by atoms with Gasteiger partial charge in [-0.05, 0) is 47.7 Å². The van der Waals surface area contributed by atoms with Gasteiger partial charge >= 0.3 is 0 Å². The third-order valence-corrected chi connectivity index (χ3v) is 6.56. The van der Waals surface area contributed by atoms with Crippen molar-refractivity contribution in [2.24, 2.45) is 4.99 Å². The van der Waals surface area contributed by atoms with Crippen molar-refractivity contribution in [1.82, 2.24) is 9.97 Å². The summed E-state index contributed by atoms with van der Waals surface area (Å²) in [5, 5.41) is 12.9. The highest BCUT2D eigenvalue weighted by molar-refractivity contribution is 7.99. The lowest BCUT2D eigenvalue weighted by molar-refractivity contribution is -0.387. The number of aromatic nitrogens is 2. The number of nitro benzene ring substituents is 1. The molecule has 4 aromatic carbocycles. The molecular formula is C29H19ClN4O2S. The van der Waals surface area contributed by atoms with E-state index < -0.39 is 4.92 Å². The van der Waals surface area contributed by atoms with E-state index in [1.807, 2.05) is 72.8 Å². The highest BCUT2D eigenvalue weighted by Crippen LogP contribution is 2.36. The molecule has 5 rings (SSSR count). The standard InChI is InChI=1S/C29H19ClN4O2S/c30-23-12-7-13-24(17-23)31-19-20-14-15-28(27(16-20)34(35)36)37-29-32-25(21-8-3-1-4-9-21)18-26(33-29)22-10-5-2-6-11-22/h1-19H. The number of aliphatic imine (C=N–C) groups is 1. The van der Waals surface area contributed by atoms with Gasteiger partial charge in [-0.3, -0.25) is 15.1 Å². The number of rotatable bonds is 7. The maximum atomic E-state index is 11.9. The minimum Gasteiger partial charge on any atom is -0.258 e. The Kier molecular flexibility index (Phi) is 7.35. The summed E-state index contributed by atoms with van der Waals surface area (Å²) in [6.07, 6.45) is 1.58. The van der Waals surface area contributed by atoms with Crippen molar-refractivity contribution < 1.29 is 4.92 Å². The van der Waals surface area contributed by atoms with Crippen molar-refractivity contribution in [3.05, 3.63) is 130 Å². The average Bonchev–Trinajstić information content (AvgIpc) is 2.93. The fourth-order valence-corrected chi connectivity index (χ4v) is 4.68. The molecule has 0 fully saturated rings. The van der Waals surface area contributed by atoms with Crippen molar-refractivity contribution in [2.75, 3.05) is 0 Å². The van der Waals surface area contributed by atoms with Crippen LogP contribution in [-0.2, 0) is 0 Å². The van der Waals surface area contributed by atoms with Crippen LogP contribution in [0.5, 0.6) is 0 Å². The largest absolute Gasteiger partial charge is 0.283 e. The van der Waals surface area contributed by atoms with E-state index in [-0.39, 0.29) is 5.69 Å². The van der Waals surface area contributed by atoms with Gasteiger partial charge in [-0.1, -0.05) is 84.4 Å². The second kappa shape index (κ2) is 11.2. The molecule has 37 heavy (non-hydrogen) atoms. The zero-order valence-electron chi connectivity index (χ0n) is 19.4. The van der Waals surface area contributed by atoms with Crippen LogP contribution in [0.2, 0.25) is 5.02 Å². The maximum Gasteiger partial charge on any atom is 0.283 e. The highest BCUT2D eigenvalue weighted by atomic mass is 35.5. The molecule has 1 aromatic heterocycles. The molecule has 0 unspecified atom stereocenters. The lowest BCUT2D eigenvalue weighted by atomic mass is 10.1. The van der Waals surface area contributed by atoms with Crippen LogP contribution in [0.15, 0.2) is 124 Å². The Bertz CT molecular complexity index is 1540. The van der Waals surface area contributed by atoms with Gasteiger partial charge in [-0.2, -0.15) is 0 Å². The number of benzene rings is 4. The van der Waals surface area contributed by atoms with E-state index in [1.54, 1.807) is 36.5 Å². The molecule has 0 N–H and O–H groups in total. The first kappa shape index (κ1) is 24.4. The van der Waals surface area contributed by atoms with E-state index in [1.165, 1.54) is 6.07 Å². The van der Waals surface area contributed by atoms with E-state index in [0.29, 0.717) is 26.3 Å². The van der Waals surface area contributed by atoms with Crippen LogP contribution in [0.1, 0.15) is 5.56 Å². The molecule has 0 amide bonds. The van der Waals surface area contributed by atoms with Crippen molar-refractivity contribution in [1.29, 1.82) is 0 Å². The van der Waals surface area contributed by atoms with Crippen molar-refractivity contribution in [3.63, 3.8) is 0 Å². The molecule has 0 atom stereocenters. The molecule has 0 bridgehead atoms. The van der Waals surface area contributed by atoms with Gasteiger partial charge in [0.1, 0.15) is 0 Å². The van der Waals surface area contributed by atoms with Crippen molar-refractivity contribution in [2.45, 2.75) is 10.1 Å². The Morgan fingerprint density at radius 3 is 2.03 bits per heavy atom. The fourth-order valence-electron chi connectivity index (χ4n) is 3.63. The first-order valence-corrected chi connectivity index (χ1v) is 12.5. The summed E-state index contributed by atoms with van der Waals surface area (Å²) in [7, 11) is 0. The van der Waals surface area contributed by atoms with Gasteiger partial charge in [-0.15, -0.1) is 0 Å². The van der Waals surface area contributed by atoms with Crippen LogP contribution in [-0.4, -0.2) is 21.1 Å². The van der Waals surface area contributed by atoms with Crippen LogP contribution >= 0.6 is 23.4 Å². The van der Waals surface area contributed by atoms with Crippen LogP contribution < -0.4 is 0 Å². The van der Waals surface area contributed by atoms with Gasteiger partial charge in [0.15, 0.2) is 5.16 Å². The lowest BCUT2D eigenvalue weighted by Crippen LogP contribution is -1.97. The van der Waals surface area contributed by atoms with Crippen LogP contribution in [0.4, 0.5) is 11.4 Å². The molecule has 0 radical (unpaired) electrons. The maximum absolute atomic E-state index is 11.9. The average molecular weight is 523 g/mol. The van der Waals surface area contributed by atoms with E-state index in [2.05, 4.69) is 4.99 Å². The van der Waals surface area contributed by atoms with Crippen LogP contribution in [0.3, 0.4) is 0 Å². The smallest absolute Gasteiger partial charge is 0.258 e. The topological polar surface area (TPSA) is 81.3 Å². The summed E-state index contributed by atoms with van der Waals surface area (Å²) in [5.74, 6) is 0. The van der Waals surface area contributed by atoms with Crippen LogP contribution in [0.25, 0.3) is 22.5 Å². The summed E-state index contributed by atoms with van der Waals surface area (Å²) >= 11 is 7.17. The van der Waals surface area contributed by atoms with E-state index in [0.717, 1.165) is 34.3 Å². The van der Waals surface area contributed by atoms with Gasteiger partial charge in [0.2, 0.25) is 0 Å². The molecule has 8 heteroatoms. The van der Waals surface area contributed by atoms with Crippen molar-refractivity contribution >= 4 is 41.0 Å². The third-order valence-electron chi connectivity index (χ3n) is 5.40. The number of nitro groups is 1. The summed E-state index contributed by atoms with van der Waals surface area (Å²) in [5.41, 5.74) is 4.56. The number of halogens is 1. The molecule has 0 spiro atoms. The third kappa shape index (κ3) is 6.09. The second-order valence-electron chi connectivity index (χ2n) is 7.98. The quantitative estimate of drug-likeness (QED) is 0.0929. The summed E-state index contributed by atoms with van der Waals surface area (Å²) in [4.78, 5) is 25.8. The lowest BCUT2D eigenvalue weighted by Gasteiger charge is -2.09. The normalized spacial score (nSPS) is 11.1. The van der Waals surface area contributed by atoms with Crippen LogP contribution in [0, 0.1) is 10.1 Å². The Labute approximate surface area is 222 Å². The molecule has 0 saturated heterocycles. The fraction of sp³-hybridized carbons (Fsp3) is 0. The molecule has 1 heterocycles. The number of hydrogen-bond acceptors (Lipinski definition) is 6. The van der Waals surface area contributed by atoms with E-state index >= 15 is 0 Å². The minimum atomic E-state index is -0.405. The predicted molar refractivity (Wildman–Crippen MR) is 149 cm³/mol. The molecule has 0 aliphatic heterocycles. The zero-order chi connectivity index (χ0) is 25.6. The molecule has 0 aliphatic carbocycles. The molecule has 0 aliphatic rings. The minimum absolute atomic E-state index is 0.0463. The monoisotopic (exact) mass is 522 g/mol. The first-order valence-electron chi connectivity index (χ1n) is 11.3. The van der Waals surface area contributed by atoms with Crippen molar-refractivity contribution in [3.8, 4) is 22.5 Å². The summed E-state index contributed by atoms with van der Waals surface area (Å²) < 4.78 is 0. The van der Waals surface area contributed by atoms with E-state index in [9.17, 15) is 10.1 Å². The Morgan fingerprint density at radius 1 is 0.784 bits per heavy atom. The molecule has 180 valence electrons. The SMILES string of the molecule is O=[N+]([O-])c1cc(C=Nc2cccc(Cl)c2)ccc1Sc1nc(-c2ccccc2)cc(-c2ccccc2)n1. The Balaban J connectivity index is 1.51. The molecular weight excluding hydrogens is 504 g/mol. The highest BCUT2D eigenvalue weighted by Gasteiger charge is 2.18. The van der Waals surface area contributed by atoms with Gasteiger partial charge in [0, 0.05) is 28.4 Å². The van der Waals surface area contributed by atoms with Gasteiger partial charge in [-0.25, -0.2) is 9.97 Å². The van der Waals surface area contributed by atoms with Gasteiger partial charge in [0.25, 0.3) is 5.69 Å². The Hall–Kier alpha value is -4.33. The first-order chi connectivity index (χ1) is 18.0. The number of nitrogens with zero attached hydrogens (tertiary/aromatic N) is 4. The number of hydrogen-bond donors (Lipinski definition) is 0. The molecule has 5 aromatic rings. The van der Waals surface area contributed by atoms with E-state index in [4.69, 9.17) is 21.6 Å². The molecule has 0 saturated carbocycles. The van der Waals surface area contributed by atoms with Gasteiger partial charge < -0.3 is 0 Å². The summed E-state index contributed by atoms with van der Waals surface area (Å²) in [6, 6.07) is 33.6. The Morgan fingerprint density at radius 2 is 1.43 bits per heavy atom. The zero-order valence-corrected chi connectivity index (χ0v) is 20.9. The van der Waals surface area contributed by atoms with Gasteiger partial charge in [0.05, 0.1) is 26.9 Å². The summed E-state index contributed by atoms with van der Waals surface area (Å²) in [6.45, 7) is 0. The predicted octanol–water partition coefficient (Wildman–Crippen LogP) is 8.27. The second-order valence-corrected chi connectivity index (χ2v) is 9.42.